The molecule has 19 heavy (non-hydrogen) atoms. The molecule has 0 bridgehead atoms. The van der Waals surface area contributed by atoms with Gasteiger partial charge in [0.15, 0.2) is 0 Å². The van der Waals surface area contributed by atoms with E-state index in [0.29, 0.717) is 0 Å². The smallest absolute Gasteiger partial charge is 0.120 e. The van der Waals surface area contributed by atoms with Gasteiger partial charge in [0.25, 0.3) is 0 Å². The van der Waals surface area contributed by atoms with E-state index in [9.17, 15) is 0 Å². The Balaban J connectivity index is 2.23. The minimum absolute atomic E-state index is 0.120. The SMILES string of the molecule is CNC(c1cccc(OC(C)C)c1)C1(C)CCCO1. The fourth-order valence-electron chi connectivity index (χ4n) is 2.89. The van der Waals surface area contributed by atoms with Crippen LogP contribution in [-0.2, 0) is 4.74 Å². The van der Waals surface area contributed by atoms with Crippen LogP contribution in [0.4, 0.5) is 0 Å². The van der Waals surface area contributed by atoms with E-state index in [2.05, 4.69) is 30.4 Å². The monoisotopic (exact) mass is 263 g/mol. The van der Waals surface area contributed by atoms with Crippen molar-refractivity contribution in [3.05, 3.63) is 29.8 Å². The minimum atomic E-state index is -0.120. The van der Waals surface area contributed by atoms with Crippen LogP contribution in [-0.4, -0.2) is 25.4 Å². The number of nitrogens with one attached hydrogen (secondary N) is 1. The van der Waals surface area contributed by atoms with Gasteiger partial charge in [-0.1, -0.05) is 12.1 Å². The van der Waals surface area contributed by atoms with Crippen molar-refractivity contribution in [3.8, 4) is 5.75 Å². The summed E-state index contributed by atoms with van der Waals surface area (Å²) >= 11 is 0. The molecule has 1 aromatic rings. The quantitative estimate of drug-likeness (QED) is 0.884. The molecule has 1 aromatic carbocycles. The summed E-state index contributed by atoms with van der Waals surface area (Å²) in [5.41, 5.74) is 1.11. The summed E-state index contributed by atoms with van der Waals surface area (Å²) in [6.45, 7) is 7.14. The van der Waals surface area contributed by atoms with Gasteiger partial charge in [-0.3, -0.25) is 0 Å². The van der Waals surface area contributed by atoms with Crippen molar-refractivity contribution >= 4 is 0 Å². The van der Waals surface area contributed by atoms with Gasteiger partial charge in [-0.25, -0.2) is 0 Å². The number of hydrogen-bond acceptors (Lipinski definition) is 3. The predicted octanol–water partition coefficient (Wildman–Crippen LogP) is 3.30. The van der Waals surface area contributed by atoms with Crippen LogP contribution in [0.15, 0.2) is 24.3 Å². The molecule has 1 heterocycles. The second kappa shape index (κ2) is 5.93. The molecule has 0 saturated carbocycles. The van der Waals surface area contributed by atoms with E-state index < -0.39 is 0 Å². The molecule has 1 N–H and O–H groups in total. The third kappa shape index (κ3) is 3.28. The van der Waals surface area contributed by atoms with Gasteiger partial charge >= 0.3 is 0 Å². The number of hydrogen-bond donors (Lipinski definition) is 1. The lowest BCUT2D eigenvalue weighted by molar-refractivity contribution is -0.0105. The fourth-order valence-corrected chi connectivity index (χ4v) is 2.89. The first-order valence-corrected chi connectivity index (χ1v) is 7.13. The van der Waals surface area contributed by atoms with Gasteiger partial charge in [-0.05, 0) is 58.4 Å². The molecule has 2 unspecified atom stereocenters. The van der Waals surface area contributed by atoms with E-state index in [4.69, 9.17) is 9.47 Å². The lowest BCUT2D eigenvalue weighted by Gasteiger charge is -2.33. The highest BCUT2D eigenvalue weighted by Gasteiger charge is 2.38. The van der Waals surface area contributed by atoms with Crippen LogP contribution in [0.3, 0.4) is 0 Å². The molecule has 3 nitrogen and oxygen atoms in total. The molecule has 1 saturated heterocycles. The largest absolute Gasteiger partial charge is 0.491 e. The molecular weight excluding hydrogens is 238 g/mol. The molecule has 0 radical (unpaired) electrons. The predicted molar refractivity (Wildman–Crippen MR) is 77.6 cm³/mol. The summed E-state index contributed by atoms with van der Waals surface area (Å²) in [5, 5.41) is 3.40. The third-order valence-electron chi connectivity index (χ3n) is 3.71. The van der Waals surface area contributed by atoms with E-state index in [1.54, 1.807) is 0 Å². The van der Waals surface area contributed by atoms with Gasteiger partial charge in [0.05, 0.1) is 17.7 Å². The minimum Gasteiger partial charge on any atom is -0.491 e. The zero-order valence-electron chi connectivity index (χ0n) is 12.4. The van der Waals surface area contributed by atoms with Crippen molar-refractivity contribution in [2.24, 2.45) is 0 Å². The summed E-state index contributed by atoms with van der Waals surface area (Å²) in [5.74, 6) is 0.925. The Bertz CT molecular complexity index is 411. The second-order valence-electron chi connectivity index (χ2n) is 5.73. The molecule has 1 fully saturated rings. The Morgan fingerprint density at radius 1 is 1.37 bits per heavy atom. The Morgan fingerprint density at radius 2 is 2.16 bits per heavy atom. The van der Waals surface area contributed by atoms with Crippen LogP contribution >= 0.6 is 0 Å². The van der Waals surface area contributed by atoms with Crippen molar-refractivity contribution in [2.75, 3.05) is 13.7 Å². The maximum atomic E-state index is 5.97. The molecule has 2 atom stereocenters. The first-order chi connectivity index (χ1) is 9.05. The number of likely N-dealkylation sites (N-methyl/N-ethyl adjacent to an activating group) is 1. The van der Waals surface area contributed by atoms with Crippen molar-refractivity contribution in [1.29, 1.82) is 0 Å². The molecule has 2 rings (SSSR count). The van der Waals surface area contributed by atoms with Crippen molar-refractivity contribution in [1.82, 2.24) is 5.32 Å². The fraction of sp³-hybridized carbons (Fsp3) is 0.625. The molecule has 0 aliphatic carbocycles. The van der Waals surface area contributed by atoms with Crippen molar-refractivity contribution in [2.45, 2.75) is 51.4 Å². The number of ether oxygens (including phenoxy) is 2. The topological polar surface area (TPSA) is 30.5 Å². The van der Waals surface area contributed by atoms with Gasteiger partial charge in [0.1, 0.15) is 5.75 Å². The molecule has 0 spiro atoms. The first-order valence-electron chi connectivity index (χ1n) is 7.13. The standard InChI is InChI=1S/C16H25NO2/c1-12(2)19-14-8-5-7-13(11-14)15(17-4)16(3)9-6-10-18-16/h5,7-8,11-12,15,17H,6,9-10H2,1-4H3. The molecule has 1 aliphatic rings. The summed E-state index contributed by atoms with van der Waals surface area (Å²) in [6, 6.07) is 8.52. The second-order valence-corrected chi connectivity index (χ2v) is 5.73. The Morgan fingerprint density at radius 3 is 2.74 bits per heavy atom. The van der Waals surface area contributed by atoms with Crippen LogP contribution in [0.1, 0.15) is 45.2 Å². The van der Waals surface area contributed by atoms with Gasteiger partial charge < -0.3 is 14.8 Å². The van der Waals surface area contributed by atoms with Gasteiger partial charge in [0, 0.05) is 6.61 Å². The summed E-state index contributed by atoms with van der Waals surface area (Å²) in [7, 11) is 1.99. The van der Waals surface area contributed by atoms with E-state index >= 15 is 0 Å². The first kappa shape index (κ1) is 14.4. The molecule has 106 valence electrons. The maximum Gasteiger partial charge on any atom is 0.120 e. The molecule has 3 heteroatoms. The Hall–Kier alpha value is -1.06. The van der Waals surface area contributed by atoms with Gasteiger partial charge in [0.2, 0.25) is 0 Å². The van der Waals surface area contributed by atoms with Crippen LogP contribution in [0.5, 0.6) is 5.75 Å². The van der Waals surface area contributed by atoms with Crippen LogP contribution in [0.25, 0.3) is 0 Å². The van der Waals surface area contributed by atoms with E-state index in [0.717, 1.165) is 25.2 Å². The highest BCUT2D eigenvalue weighted by Crippen LogP contribution is 2.38. The number of benzene rings is 1. The van der Waals surface area contributed by atoms with Gasteiger partial charge in [-0.15, -0.1) is 0 Å². The molecule has 0 amide bonds. The molecule has 1 aliphatic heterocycles. The summed E-state index contributed by atoms with van der Waals surface area (Å²) < 4.78 is 11.7. The Labute approximate surface area is 116 Å². The summed E-state index contributed by atoms with van der Waals surface area (Å²) in [6.07, 6.45) is 2.42. The van der Waals surface area contributed by atoms with Crippen LogP contribution in [0.2, 0.25) is 0 Å². The third-order valence-corrected chi connectivity index (χ3v) is 3.71. The average Bonchev–Trinajstić information content (AvgIpc) is 2.77. The van der Waals surface area contributed by atoms with Crippen LogP contribution < -0.4 is 10.1 Å². The van der Waals surface area contributed by atoms with Crippen molar-refractivity contribution < 1.29 is 9.47 Å². The maximum absolute atomic E-state index is 5.97. The molecular formula is C16H25NO2. The highest BCUT2D eigenvalue weighted by molar-refractivity contribution is 5.32. The molecule has 0 aromatic heterocycles. The zero-order valence-corrected chi connectivity index (χ0v) is 12.4. The van der Waals surface area contributed by atoms with Crippen LogP contribution in [0, 0.1) is 0 Å². The number of rotatable bonds is 5. The average molecular weight is 263 g/mol. The lowest BCUT2D eigenvalue weighted by Crippen LogP contribution is -2.39. The zero-order chi connectivity index (χ0) is 13.9. The van der Waals surface area contributed by atoms with Gasteiger partial charge in [-0.2, -0.15) is 0 Å². The summed E-state index contributed by atoms with van der Waals surface area (Å²) in [4.78, 5) is 0. The van der Waals surface area contributed by atoms with E-state index in [1.807, 2.05) is 27.0 Å². The lowest BCUT2D eigenvalue weighted by atomic mass is 9.88. The normalized spacial score (nSPS) is 24.7. The Kier molecular flexibility index (Phi) is 4.48. The van der Waals surface area contributed by atoms with E-state index in [1.165, 1.54) is 5.56 Å². The highest BCUT2D eigenvalue weighted by atomic mass is 16.5. The van der Waals surface area contributed by atoms with E-state index in [-0.39, 0.29) is 17.7 Å². The van der Waals surface area contributed by atoms with Crippen molar-refractivity contribution in [3.63, 3.8) is 0 Å².